The van der Waals surface area contributed by atoms with E-state index < -0.39 is 10.1 Å². The van der Waals surface area contributed by atoms with Gasteiger partial charge in [-0.1, -0.05) is 0 Å². The summed E-state index contributed by atoms with van der Waals surface area (Å²) in [6.07, 6.45) is 4.45. The van der Waals surface area contributed by atoms with Gasteiger partial charge in [0.1, 0.15) is 5.78 Å². The molecule has 4 aliphatic rings. The van der Waals surface area contributed by atoms with Crippen molar-refractivity contribution in [1.29, 1.82) is 0 Å². The van der Waals surface area contributed by atoms with Crippen molar-refractivity contribution >= 4 is 15.9 Å². The highest BCUT2D eigenvalue weighted by Crippen LogP contribution is 2.53. The van der Waals surface area contributed by atoms with Gasteiger partial charge < -0.3 is 0 Å². The van der Waals surface area contributed by atoms with Gasteiger partial charge in [-0.15, -0.1) is 0 Å². The van der Waals surface area contributed by atoms with E-state index in [-0.39, 0.29) is 29.6 Å². The van der Waals surface area contributed by atoms with Gasteiger partial charge in [-0.25, -0.2) is 0 Å². The monoisotopic (exact) mass is 244 g/mol. The van der Waals surface area contributed by atoms with Crippen LogP contribution in [-0.2, 0) is 19.1 Å². The second-order valence-corrected chi connectivity index (χ2v) is 7.14. The highest BCUT2D eigenvalue weighted by Gasteiger charge is 2.54. The number of ketones is 1. The maximum atomic E-state index is 12.0. The molecule has 0 amide bonds. The summed E-state index contributed by atoms with van der Waals surface area (Å²) in [5.74, 6) is 1.22. The molecule has 4 rings (SSSR count). The summed E-state index contributed by atoms with van der Waals surface area (Å²) < 4.78 is 27.5. The Bertz CT molecular complexity index is 427. The van der Waals surface area contributed by atoms with Crippen LogP contribution in [-0.4, -0.2) is 26.6 Å². The second kappa shape index (κ2) is 3.29. The minimum atomic E-state index is -3.44. The predicted molar refractivity (Wildman–Crippen MR) is 57.2 cm³/mol. The molecule has 90 valence electrons. The van der Waals surface area contributed by atoms with Crippen LogP contribution in [0.15, 0.2) is 0 Å². The van der Waals surface area contributed by atoms with Crippen LogP contribution in [0.2, 0.25) is 0 Å². The summed E-state index contributed by atoms with van der Waals surface area (Å²) in [5, 5.41) is 0. The number of carbonyl (C=O) groups excluding carboxylic acids is 1. The largest absolute Gasteiger partial charge is 0.299 e. The van der Waals surface area contributed by atoms with Crippen molar-refractivity contribution < 1.29 is 17.4 Å². The Balaban J connectivity index is 1.88. The molecule has 0 spiro atoms. The lowest BCUT2D eigenvalue weighted by atomic mass is 9.54. The van der Waals surface area contributed by atoms with Gasteiger partial charge in [0.15, 0.2) is 0 Å². The Morgan fingerprint density at radius 2 is 1.94 bits per heavy atom. The van der Waals surface area contributed by atoms with Crippen LogP contribution in [0.1, 0.15) is 25.7 Å². The van der Waals surface area contributed by atoms with Gasteiger partial charge in [-0.05, 0) is 37.5 Å². The maximum Gasteiger partial charge on any atom is 0.264 e. The molecular weight excluding hydrogens is 228 g/mol. The average Bonchev–Trinajstić information content (AvgIpc) is 2.17. The molecule has 4 saturated carbocycles. The first-order valence-electron chi connectivity index (χ1n) is 5.86. The highest BCUT2D eigenvalue weighted by molar-refractivity contribution is 7.86. The molecule has 4 nitrogen and oxygen atoms in total. The molecule has 0 radical (unpaired) electrons. The normalized spacial score (nSPS) is 46.3. The molecule has 5 heteroatoms. The molecule has 0 N–H and O–H groups in total. The molecule has 0 aromatic carbocycles. The molecule has 0 heterocycles. The topological polar surface area (TPSA) is 60.4 Å². The van der Waals surface area contributed by atoms with E-state index in [4.69, 9.17) is 4.18 Å². The van der Waals surface area contributed by atoms with Gasteiger partial charge in [0.05, 0.1) is 12.4 Å². The van der Waals surface area contributed by atoms with E-state index in [1.165, 1.54) is 0 Å². The molecule has 4 bridgehead atoms. The first kappa shape index (κ1) is 10.7. The van der Waals surface area contributed by atoms with Crippen molar-refractivity contribution in [3.05, 3.63) is 0 Å². The first-order chi connectivity index (χ1) is 7.44. The average molecular weight is 244 g/mol. The van der Waals surface area contributed by atoms with E-state index in [2.05, 4.69) is 0 Å². The van der Waals surface area contributed by atoms with Crippen molar-refractivity contribution in [1.82, 2.24) is 0 Å². The van der Waals surface area contributed by atoms with Gasteiger partial charge in [0, 0.05) is 11.8 Å². The van der Waals surface area contributed by atoms with Gasteiger partial charge in [0.25, 0.3) is 10.1 Å². The maximum absolute atomic E-state index is 12.0. The fourth-order valence-electron chi connectivity index (χ4n) is 3.93. The minimum absolute atomic E-state index is 0.147. The SMILES string of the molecule is CS(=O)(=O)OC1[C@H]2C[C@@H]3C[C@H](C2)C(=O)[C@H]1C3. The lowest BCUT2D eigenvalue weighted by molar-refractivity contribution is -0.151. The Labute approximate surface area is 95.5 Å². The standard InChI is InChI=1S/C11H16O4S/c1-16(13,14)15-11-8-3-6-2-7(5-8)10(12)9(11)4-6/h6-9,11H,2-5H2,1H3/t6-,7+,8-,9+,11?/m0/s1. The van der Waals surface area contributed by atoms with E-state index in [1.54, 1.807) is 0 Å². The van der Waals surface area contributed by atoms with Crippen molar-refractivity contribution in [3.63, 3.8) is 0 Å². The summed E-state index contributed by atoms with van der Waals surface area (Å²) in [5.41, 5.74) is 0. The third-order valence-electron chi connectivity index (χ3n) is 4.34. The van der Waals surface area contributed by atoms with E-state index >= 15 is 0 Å². The molecular formula is C11H16O4S. The Morgan fingerprint density at radius 3 is 2.62 bits per heavy atom. The zero-order valence-corrected chi connectivity index (χ0v) is 10.1. The number of rotatable bonds is 2. The number of carbonyl (C=O) groups is 1. The summed E-state index contributed by atoms with van der Waals surface area (Å²) in [6, 6.07) is 0. The molecule has 0 aromatic rings. The number of hydrogen-bond acceptors (Lipinski definition) is 4. The van der Waals surface area contributed by atoms with Crippen LogP contribution in [0.4, 0.5) is 0 Å². The van der Waals surface area contributed by atoms with Crippen LogP contribution in [0.3, 0.4) is 0 Å². The third kappa shape index (κ3) is 1.61. The number of hydrogen-bond donors (Lipinski definition) is 0. The molecule has 4 aliphatic carbocycles. The Hall–Kier alpha value is -0.420. The van der Waals surface area contributed by atoms with Gasteiger partial charge in [-0.2, -0.15) is 8.42 Å². The fraction of sp³-hybridized carbons (Fsp3) is 0.909. The van der Waals surface area contributed by atoms with Crippen molar-refractivity contribution in [2.24, 2.45) is 23.7 Å². The van der Waals surface area contributed by atoms with E-state index in [0.29, 0.717) is 5.92 Å². The fourth-order valence-corrected chi connectivity index (χ4v) is 4.62. The second-order valence-electron chi connectivity index (χ2n) is 5.54. The summed E-state index contributed by atoms with van der Waals surface area (Å²) in [6.45, 7) is 0. The molecule has 0 aromatic heterocycles. The van der Waals surface area contributed by atoms with Crippen LogP contribution in [0, 0.1) is 23.7 Å². The third-order valence-corrected chi connectivity index (χ3v) is 4.92. The molecule has 0 aliphatic heterocycles. The van der Waals surface area contributed by atoms with Crippen LogP contribution in [0.25, 0.3) is 0 Å². The molecule has 0 saturated heterocycles. The van der Waals surface area contributed by atoms with Gasteiger partial charge >= 0.3 is 0 Å². The van der Waals surface area contributed by atoms with Crippen LogP contribution >= 0.6 is 0 Å². The van der Waals surface area contributed by atoms with Gasteiger partial charge in [-0.3, -0.25) is 8.98 Å². The smallest absolute Gasteiger partial charge is 0.264 e. The highest BCUT2D eigenvalue weighted by atomic mass is 32.2. The van der Waals surface area contributed by atoms with Gasteiger partial charge in [0.2, 0.25) is 0 Å². The molecule has 5 atom stereocenters. The summed E-state index contributed by atoms with van der Waals surface area (Å²) in [7, 11) is -3.44. The Morgan fingerprint density at radius 1 is 1.19 bits per heavy atom. The lowest BCUT2D eigenvalue weighted by Crippen LogP contribution is -2.55. The molecule has 4 fully saturated rings. The van der Waals surface area contributed by atoms with E-state index in [9.17, 15) is 13.2 Å². The van der Waals surface area contributed by atoms with Crippen molar-refractivity contribution in [2.45, 2.75) is 31.8 Å². The van der Waals surface area contributed by atoms with Crippen molar-refractivity contribution in [3.8, 4) is 0 Å². The Kier molecular flexibility index (Phi) is 2.20. The molecule has 16 heavy (non-hydrogen) atoms. The summed E-state index contributed by atoms with van der Waals surface area (Å²) >= 11 is 0. The number of Topliss-reactive ketones (excluding diaryl/α,β-unsaturated/α-hetero) is 1. The van der Waals surface area contributed by atoms with Crippen LogP contribution in [0.5, 0.6) is 0 Å². The van der Waals surface area contributed by atoms with Crippen molar-refractivity contribution in [2.75, 3.05) is 6.26 Å². The zero-order valence-electron chi connectivity index (χ0n) is 9.26. The van der Waals surface area contributed by atoms with E-state index in [0.717, 1.165) is 31.9 Å². The predicted octanol–water partition coefficient (Wildman–Crippen LogP) is 0.966. The minimum Gasteiger partial charge on any atom is -0.299 e. The summed E-state index contributed by atoms with van der Waals surface area (Å²) in [4.78, 5) is 12.0. The quantitative estimate of drug-likeness (QED) is 0.679. The lowest BCUT2D eigenvalue weighted by Gasteiger charge is -2.52. The van der Waals surface area contributed by atoms with E-state index in [1.807, 2.05) is 0 Å². The van der Waals surface area contributed by atoms with Crippen LogP contribution < -0.4 is 0 Å². The first-order valence-corrected chi connectivity index (χ1v) is 7.67. The molecule has 1 unspecified atom stereocenters. The zero-order chi connectivity index (χ0) is 11.5.